The third-order valence-electron chi connectivity index (χ3n) is 7.91. The van der Waals surface area contributed by atoms with Gasteiger partial charge in [-0.2, -0.15) is 0 Å². The molecule has 0 amide bonds. The predicted molar refractivity (Wildman–Crippen MR) is 90.4 cm³/mol. The third-order valence-corrected chi connectivity index (χ3v) is 7.91. The zero-order valence-electron chi connectivity index (χ0n) is 14.6. The molecule has 0 spiro atoms. The summed E-state index contributed by atoms with van der Waals surface area (Å²) in [6, 6.07) is 6.70. The van der Waals surface area contributed by atoms with Gasteiger partial charge in [-0.05, 0) is 68.7 Å². The van der Waals surface area contributed by atoms with E-state index < -0.39 is 5.60 Å². The average Bonchev–Trinajstić information content (AvgIpc) is 3.06. The van der Waals surface area contributed by atoms with Crippen molar-refractivity contribution in [3.8, 4) is 5.75 Å². The minimum absolute atomic E-state index is 0. The Morgan fingerprint density at radius 1 is 1.21 bits per heavy atom. The lowest BCUT2D eigenvalue weighted by Crippen LogP contribution is -3.00. The second kappa shape index (κ2) is 5.32. The van der Waals surface area contributed by atoms with E-state index in [1.54, 1.807) is 18.6 Å². The topological polar surface area (TPSA) is 29.5 Å². The lowest BCUT2D eigenvalue weighted by molar-refractivity contribution is -0.0708. The van der Waals surface area contributed by atoms with Gasteiger partial charge in [0.15, 0.2) is 0 Å². The highest BCUT2D eigenvalue weighted by Gasteiger charge is 2.76. The van der Waals surface area contributed by atoms with Gasteiger partial charge in [0.25, 0.3) is 0 Å². The van der Waals surface area contributed by atoms with Crippen molar-refractivity contribution in [2.75, 3.05) is 7.11 Å². The van der Waals surface area contributed by atoms with Gasteiger partial charge in [-0.15, -0.1) is 0 Å². The van der Waals surface area contributed by atoms with Crippen LogP contribution in [0.3, 0.4) is 0 Å². The standard InChI is InChI=1S/C21H27O2.ClH/c1-20-9-8-17-16-6-4-15(23-2)11-13(16)3-5-18(17)19(20)14-7-10-21(20,22)12-14;/h4,6,11,14,17-18,22H,3,5,7-10,12H2,1-2H3;1H/q+1;/p-1/t14-,17-,18-,20+,21-;/m1./s1. The van der Waals surface area contributed by atoms with Crippen LogP contribution in [0.25, 0.3) is 0 Å². The first-order chi connectivity index (χ1) is 11.1. The first kappa shape index (κ1) is 16.6. The van der Waals surface area contributed by atoms with E-state index >= 15 is 0 Å². The van der Waals surface area contributed by atoms with Crippen molar-refractivity contribution in [1.29, 1.82) is 0 Å². The molecule has 1 N–H and O–H groups in total. The predicted octanol–water partition coefficient (Wildman–Crippen LogP) is 1.26. The Morgan fingerprint density at radius 3 is 2.83 bits per heavy atom. The largest absolute Gasteiger partial charge is 1.00 e. The summed E-state index contributed by atoms with van der Waals surface area (Å²) in [5, 5.41) is 11.2. The van der Waals surface area contributed by atoms with Crippen molar-refractivity contribution in [1.82, 2.24) is 0 Å². The Labute approximate surface area is 151 Å². The van der Waals surface area contributed by atoms with Gasteiger partial charge in [0.1, 0.15) is 34.5 Å². The molecule has 3 fully saturated rings. The lowest BCUT2D eigenvalue weighted by atomic mass is 9.50. The van der Waals surface area contributed by atoms with Gasteiger partial charge in [0, 0.05) is 12.3 Å². The monoisotopic (exact) mass is 346 g/mol. The fraction of sp³-hybridized carbons (Fsp3) is 0.667. The van der Waals surface area contributed by atoms with Crippen molar-refractivity contribution in [3.63, 3.8) is 0 Å². The molecule has 3 heteroatoms. The van der Waals surface area contributed by atoms with Crippen LogP contribution in [-0.4, -0.2) is 17.8 Å². The van der Waals surface area contributed by atoms with Gasteiger partial charge in [-0.25, -0.2) is 0 Å². The van der Waals surface area contributed by atoms with Gasteiger partial charge in [0.2, 0.25) is 0 Å². The van der Waals surface area contributed by atoms with Crippen LogP contribution in [0.5, 0.6) is 5.75 Å². The number of halogens is 1. The van der Waals surface area contributed by atoms with Crippen molar-refractivity contribution in [2.24, 2.45) is 17.3 Å². The van der Waals surface area contributed by atoms with Gasteiger partial charge in [-0.3, -0.25) is 0 Å². The Kier molecular flexibility index (Phi) is 3.68. The molecular weight excluding hydrogens is 320 g/mol. The summed E-state index contributed by atoms with van der Waals surface area (Å²) >= 11 is 0. The number of hydrogen-bond donors (Lipinski definition) is 1. The molecule has 2 bridgehead atoms. The minimum Gasteiger partial charge on any atom is -1.00 e. The second-order valence-corrected chi connectivity index (χ2v) is 8.61. The van der Waals surface area contributed by atoms with E-state index in [1.807, 2.05) is 0 Å². The molecule has 0 heterocycles. The molecule has 1 aromatic carbocycles. The van der Waals surface area contributed by atoms with Crippen molar-refractivity contribution >= 4 is 0 Å². The van der Waals surface area contributed by atoms with Gasteiger partial charge < -0.3 is 22.3 Å². The number of rotatable bonds is 1. The maximum atomic E-state index is 11.2. The van der Waals surface area contributed by atoms with Crippen molar-refractivity contribution in [2.45, 2.75) is 63.4 Å². The Morgan fingerprint density at radius 2 is 2.04 bits per heavy atom. The van der Waals surface area contributed by atoms with Crippen LogP contribution in [0, 0.1) is 23.2 Å². The molecule has 4 aliphatic rings. The minimum atomic E-state index is -0.391. The molecule has 0 aromatic heterocycles. The van der Waals surface area contributed by atoms with Crippen molar-refractivity contribution < 1.29 is 22.3 Å². The van der Waals surface area contributed by atoms with Crippen LogP contribution in [0.4, 0.5) is 0 Å². The highest BCUT2D eigenvalue weighted by molar-refractivity contribution is 5.44. The van der Waals surface area contributed by atoms with E-state index in [2.05, 4.69) is 25.1 Å². The molecule has 5 atom stereocenters. The third kappa shape index (κ3) is 1.90. The molecule has 2 nitrogen and oxygen atoms in total. The molecule has 0 radical (unpaired) electrons. The number of aryl methyl sites for hydroxylation is 1. The van der Waals surface area contributed by atoms with Gasteiger partial charge in [-0.1, -0.05) is 6.07 Å². The number of hydrogen-bond acceptors (Lipinski definition) is 2. The van der Waals surface area contributed by atoms with E-state index in [4.69, 9.17) is 4.74 Å². The van der Waals surface area contributed by atoms with Crippen LogP contribution >= 0.6 is 0 Å². The van der Waals surface area contributed by atoms with Crippen LogP contribution in [0.2, 0.25) is 0 Å². The number of aliphatic hydroxyl groups is 1. The van der Waals surface area contributed by atoms with Crippen LogP contribution < -0.4 is 17.1 Å². The lowest BCUT2D eigenvalue weighted by Gasteiger charge is -2.48. The first-order valence-electron chi connectivity index (χ1n) is 9.32. The van der Waals surface area contributed by atoms with E-state index in [-0.39, 0.29) is 17.8 Å². The Balaban J connectivity index is 0.00000146. The van der Waals surface area contributed by atoms with Crippen molar-refractivity contribution in [3.05, 3.63) is 35.2 Å². The van der Waals surface area contributed by atoms with Gasteiger partial charge in [0.05, 0.1) is 7.11 Å². The molecular formula is C21H27ClO2. The summed E-state index contributed by atoms with van der Waals surface area (Å²) in [4.78, 5) is 0. The highest BCUT2D eigenvalue weighted by Crippen LogP contribution is 2.72. The smallest absolute Gasteiger partial charge is 0.137 e. The van der Waals surface area contributed by atoms with E-state index in [1.165, 1.54) is 37.7 Å². The Bertz CT molecular complexity index is 659. The number of ether oxygens (including phenoxy) is 1. The normalized spacial score (nSPS) is 42.0. The van der Waals surface area contributed by atoms with Crippen LogP contribution in [-0.2, 0) is 6.42 Å². The molecule has 1 aromatic rings. The van der Waals surface area contributed by atoms with E-state index in [0.717, 1.165) is 18.6 Å². The zero-order valence-corrected chi connectivity index (χ0v) is 15.4. The number of benzene rings is 1. The van der Waals surface area contributed by atoms with Crippen LogP contribution in [0.15, 0.2) is 18.2 Å². The maximum Gasteiger partial charge on any atom is 0.137 e. The maximum absolute atomic E-state index is 11.2. The zero-order chi connectivity index (χ0) is 15.8. The summed E-state index contributed by atoms with van der Waals surface area (Å²) in [6.07, 6.45) is 8.13. The molecule has 0 saturated heterocycles. The second-order valence-electron chi connectivity index (χ2n) is 8.61. The average molecular weight is 347 g/mol. The summed E-state index contributed by atoms with van der Waals surface area (Å²) in [5.74, 6) is 4.82. The fourth-order valence-corrected chi connectivity index (χ4v) is 6.79. The summed E-state index contributed by atoms with van der Waals surface area (Å²) in [7, 11) is 1.76. The SMILES string of the molecule is COc1ccc2c(c1)CC[C@H]1[C+]3[C@@H]4CC[C@@](O)(C4)[C@@]3(C)CC[C@H]21.[Cl-]. The molecule has 130 valence electrons. The molecule has 0 unspecified atom stereocenters. The highest BCUT2D eigenvalue weighted by atomic mass is 35.5. The fourth-order valence-electron chi connectivity index (χ4n) is 6.79. The number of fused-ring (bicyclic) bond motifs is 9. The van der Waals surface area contributed by atoms with E-state index in [9.17, 15) is 5.11 Å². The molecule has 24 heavy (non-hydrogen) atoms. The molecule has 3 saturated carbocycles. The summed E-state index contributed by atoms with van der Waals surface area (Å²) in [5.41, 5.74) is 2.77. The summed E-state index contributed by atoms with van der Waals surface area (Å²) < 4.78 is 5.42. The molecule has 4 aliphatic carbocycles. The van der Waals surface area contributed by atoms with Crippen LogP contribution in [0.1, 0.15) is 62.5 Å². The Hall–Kier alpha value is -0.860. The number of methoxy groups -OCH3 is 1. The molecule has 0 aliphatic heterocycles. The van der Waals surface area contributed by atoms with E-state index in [0.29, 0.717) is 17.8 Å². The summed E-state index contributed by atoms with van der Waals surface area (Å²) in [6.45, 7) is 2.38. The van der Waals surface area contributed by atoms with Gasteiger partial charge >= 0.3 is 0 Å². The first-order valence-corrected chi connectivity index (χ1v) is 9.32. The molecule has 5 rings (SSSR count). The quantitative estimate of drug-likeness (QED) is 0.776.